The van der Waals surface area contributed by atoms with Crippen LogP contribution in [-0.2, 0) is 4.74 Å². The fourth-order valence-electron chi connectivity index (χ4n) is 7.70. The van der Waals surface area contributed by atoms with E-state index >= 15 is 0 Å². The van der Waals surface area contributed by atoms with Crippen molar-refractivity contribution in [3.8, 4) is 0 Å². The van der Waals surface area contributed by atoms with Gasteiger partial charge < -0.3 is 4.74 Å². The second-order valence-electron chi connectivity index (χ2n) is 9.20. The molecule has 4 saturated carbocycles. The van der Waals surface area contributed by atoms with Gasteiger partial charge in [0.15, 0.2) is 0 Å². The number of rotatable bonds is 0. The summed E-state index contributed by atoms with van der Waals surface area (Å²) in [5.74, 6) is 4.02. The topological polar surface area (TPSA) is 12.5 Å². The molecule has 112 valence electrons. The molecule has 1 nitrogen and oxygen atoms in total. The predicted molar refractivity (Wildman–Crippen MR) is 80.5 cm³/mol. The molecule has 1 heterocycles. The third kappa shape index (κ3) is 1.26. The summed E-state index contributed by atoms with van der Waals surface area (Å²) in [6.07, 6.45) is 14.8. The molecule has 0 N–H and O–H groups in total. The molecule has 1 saturated heterocycles. The van der Waals surface area contributed by atoms with E-state index in [-0.39, 0.29) is 0 Å². The minimum Gasteiger partial charge on any atom is -0.363 e. The van der Waals surface area contributed by atoms with E-state index in [1.54, 1.807) is 0 Å². The molecule has 4 aliphatic carbocycles. The van der Waals surface area contributed by atoms with Crippen molar-refractivity contribution in [2.45, 2.75) is 89.3 Å². The molecule has 0 radical (unpaired) electrons. The van der Waals surface area contributed by atoms with Crippen LogP contribution in [0, 0.1) is 29.1 Å². The molecular formula is C19H30O. The van der Waals surface area contributed by atoms with E-state index in [1.165, 1.54) is 64.2 Å². The van der Waals surface area contributed by atoms with Gasteiger partial charge in [0.25, 0.3) is 0 Å². The van der Waals surface area contributed by atoms with Crippen LogP contribution < -0.4 is 0 Å². The quantitative estimate of drug-likeness (QED) is 0.570. The van der Waals surface area contributed by atoms with Crippen LogP contribution in [0.1, 0.15) is 78.1 Å². The third-order valence-electron chi connectivity index (χ3n) is 8.80. The Balaban J connectivity index is 1.49. The van der Waals surface area contributed by atoms with Gasteiger partial charge in [-0.25, -0.2) is 0 Å². The largest absolute Gasteiger partial charge is 0.363 e. The lowest BCUT2D eigenvalue weighted by atomic mass is 9.47. The molecule has 1 heteroatoms. The van der Waals surface area contributed by atoms with Crippen molar-refractivity contribution in [3.05, 3.63) is 0 Å². The Kier molecular flexibility index (Phi) is 2.28. The number of hydrogen-bond acceptors (Lipinski definition) is 1. The van der Waals surface area contributed by atoms with Gasteiger partial charge in [-0.2, -0.15) is 0 Å². The summed E-state index contributed by atoms with van der Waals surface area (Å²) in [7, 11) is 0. The van der Waals surface area contributed by atoms with Crippen LogP contribution in [0.2, 0.25) is 0 Å². The van der Waals surface area contributed by atoms with E-state index in [4.69, 9.17) is 4.74 Å². The minimum absolute atomic E-state index is 0.299. The van der Waals surface area contributed by atoms with Gasteiger partial charge in [-0.05, 0) is 87.4 Å². The zero-order chi connectivity index (χ0) is 13.6. The average molecular weight is 274 g/mol. The summed E-state index contributed by atoms with van der Waals surface area (Å²) in [5.41, 5.74) is 1.34. The lowest BCUT2D eigenvalue weighted by Crippen LogP contribution is -2.52. The number of fused-ring (bicyclic) bond motifs is 4. The summed E-state index contributed by atoms with van der Waals surface area (Å²) in [6, 6.07) is 0. The zero-order valence-electron chi connectivity index (χ0n) is 13.3. The van der Waals surface area contributed by atoms with E-state index < -0.39 is 0 Å². The summed E-state index contributed by atoms with van der Waals surface area (Å²) in [5, 5.41) is 0. The van der Waals surface area contributed by atoms with Crippen LogP contribution in [0.5, 0.6) is 0 Å². The Morgan fingerprint density at radius 1 is 0.800 bits per heavy atom. The Morgan fingerprint density at radius 2 is 1.65 bits per heavy atom. The highest BCUT2D eigenvalue weighted by molar-refractivity contribution is 5.25. The van der Waals surface area contributed by atoms with Gasteiger partial charge in [0, 0.05) is 0 Å². The van der Waals surface area contributed by atoms with Gasteiger partial charge in [-0.15, -0.1) is 0 Å². The van der Waals surface area contributed by atoms with E-state index in [0.29, 0.717) is 16.6 Å². The molecule has 20 heavy (non-hydrogen) atoms. The SMILES string of the molecule is C[C@]12CCCCC1CC[C@@H]1C2CC[C@]23O[C@@]2(C)CCC13. The van der Waals surface area contributed by atoms with Crippen molar-refractivity contribution in [2.24, 2.45) is 29.1 Å². The first-order chi connectivity index (χ1) is 9.59. The minimum atomic E-state index is 0.299. The van der Waals surface area contributed by atoms with Crippen LogP contribution in [0.25, 0.3) is 0 Å². The maximum atomic E-state index is 6.35. The van der Waals surface area contributed by atoms with Crippen LogP contribution >= 0.6 is 0 Å². The van der Waals surface area contributed by atoms with Crippen LogP contribution in [0.4, 0.5) is 0 Å². The number of ether oxygens (including phenoxy) is 1. The molecule has 0 aromatic carbocycles. The second kappa shape index (κ2) is 3.65. The molecule has 7 atom stereocenters. The summed E-state index contributed by atoms with van der Waals surface area (Å²) in [6.45, 7) is 5.08. The lowest BCUT2D eigenvalue weighted by Gasteiger charge is -2.58. The van der Waals surface area contributed by atoms with Gasteiger partial charge in [-0.1, -0.05) is 19.8 Å². The molecule has 1 spiro atoms. The first kappa shape index (κ1) is 12.5. The lowest BCUT2D eigenvalue weighted by molar-refractivity contribution is -0.0949. The van der Waals surface area contributed by atoms with E-state index in [2.05, 4.69) is 13.8 Å². The first-order valence-corrected chi connectivity index (χ1v) is 9.29. The highest BCUT2D eigenvalue weighted by Gasteiger charge is 2.76. The van der Waals surface area contributed by atoms with Crippen LogP contribution in [0.15, 0.2) is 0 Å². The molecule has 1 aliphatic heterocycles. The molecule has 3 unspecified atom stereocenters. The molecular weight excluding hydrogens is 244 g/mol. The summed E-state index contributed by atoms with van der Waals surface area (Å²) < 4.78 is 6.35. The number of hydrogen-bond donors (Lipinski definition) is 0. The maximum Gasteiger partial charge on any atom is 0.101 e. The summed E-state index contributed by atoms with van der Waals surface area (Å²) in [4.78, 5) is 0. The highest BCUT2D eigenvalue weighted by Crippen LogP contribution is 2.73. The molecule has 0 aromatic heterocycles. The van der Waals surface area contributed by atoms with E-state index in [1.807, 2.05) is 0 Å². The van der Waals surface area contributed by atoms with Crippen molar-refractivity contribution in [1.29, 1.82) is 0 Å². The Hall–Kier alpha value is -0.0400. The Morgan fingerprint density at radius 3 is 2.50 bits per heavy atom. The standard InChI is InChI=1S/C19H30O/c1-17-10-4-3-5-13(17)6-7-14-15(17)9-12-19-16(14)8-11-18(19,2)20-19/h13-16H,3-12H2,1-2H3/t13?,14-,15?,16?,17+,18+,19-/m1/s1. The van der Waals surface area contributed by atoms with Crippen molar-refractivity contribution < 1.29 is 4.74 Å². The van der Waals surface area contributed by atoms with Gasteiger partial charge in [0.05, 0.1) is 5.60 Å². The van der Waals surface area contributed by atoms with Gasteiger partial charge in [0.2, 0.25) is 0 Å². The van der Waals surface area contributed by atoms with Gasteiger partial charge in [-0.3, -0.25) is 0 Å². The highest BCUT2D eigenvalue weighted by atomic mass is 16.6. The predicted octanol–water partition coefficient (Wildman–Crippen LogP) is 4.94. The molecule has 5 rings (SSSR count). The Bertz CT molecular complexity index is 445. The molecule has 5 aliphatic rings. The van der Waals surface area contributed by atoms with Crippen molar-refractivity contribution in [3.63, 3.8) is 0 Å². The van der Waals surface area contributed by atoms with Gasteiger partial charge >= 0.3 is 0 Å². The Labute approximate surface area is 123 Å². The van der Waals surface area contributed by atoms with Crippen molar-refractivity contribution in [1.82, 2.24) is 0 Å². The summed E-state index contributed by atoms with van der Waals surface area (Å²) >= 11 is 0. The molecule has 0 amide bonds. The van der Waals surface area contributed by atoms with Gasteiger partial charge in [0.1, 0.15) is 5.60 Å². The van der Waals surface area contributed by atoms with Crippen LogP contribution in [0.3, 0.4) is 0 Å². The van der Waals surface area contributed by atoms with E-state index in [0.717, 1.165) is 23.7 Å². The molecule has 5 fully saturated rings. The zero-order valence-corrected chi connectivity index (χ0v) is 13.3. The van der Waals surface area contributed by atoms with Crippen molar-refractivity contribution >= 4 is 0 Å². The smallest absolute Gasteiger partial charge is 0.101 e. The fraction of sp³-hybridized carbons (Fsp3) is 1.00. The second-order valence-corrected chi connectivity index (χ2v) is 9.20. The molecule has 0 bridgehead atoms. The normalized spacial score (nSPS) is 63.9. The fourth-order valence-corrected chi connectivity index (χ4v) is 7.70. The first-order valence-electron chi connectivity index (χ1n) is 9.29. The average Bonchev–Trinajstić information content (AvgIpc) is 2.91. The van der Waals surface area contributed by atoms with E-state index in [9.17, 15) is 0 Å². The molecule has 0 aromatic rings. The monoisotopic (exact) mass is 274 g/mol. The number of epoxide rings is 1. The maximum absolute atomic E-state index is 6.35. The van der Waals surface area contributed by atoms with Crippen LogP contribution in [-0.4, -0.2) is 11.2 Å². The van der Waals surface area contributed by atoms with Crippen molar-refractivity contribution in [2.75, 3.05) is 0 Å². The third-order valence-corrected chi connectivity index (χ3v) is 8.80.